The van der Waals surface area contributed by atoms with E-state index in [-0.39, 0.29) is 5.91 Å². The fourth-order valence-corrected chi connectivity index (χ4v) is 1.30. The molecule has 0 radical (unpaired) electrons. The normalized spacial score (nSPS) is 11.9. The summed E-state index contributed by atoms with van der Waals surface area (Å²) in [7, 11) is 1.32. The van der Waals surface area contributed by atoms with Gasteiger partial charge < -0.3 is 10.1 Å². The Balaban J connectivity index is 4.48. The van der Waals surface area contributed by atoms with E-state index in [2.05, 4.69) is 10.1 Å². The number of hydrogen-bond acceptors (Lipinski definition) is 3. The van der Waals surface area contributed by atoms with E-state index in [4.69, 9.17) is 0 Å². The van der Waals surface area contributed by atoms with Crippen molar-refractivity contribution in [1.82, 2.24) is 5.32 Å². The van der Waals surface area contributed by atoms with Gasteiger partial charge in [0.25, 0.3) is 0 Å². The Morgan fingerprint density at radius 3 is 2.25 bits per heavy atom. The maximum Gasteiger partial charge on any atom is 0.328 e. The van der Waals surface area contributed by atoms with E-state index in [0.29, 0.717) is 12.3 Å². The van der Waals surface area contributed by atoms with Crippen LogP contribution < -0.4 is 5.32 Å². The summed E-state index contributed by atoms with van der Waals surface area (Å²) in [5.74, 6) is -0.337. The minimum absolute atomic E-state index is 0.254. The van der Waals surface area contributed by atoms with Gasteiger partial charge in [-0.05, 0) is 26.2 Å². The Labute approximate surface area is 97.1 Å². The highest BCUT2D eigenvalue weighted by Gasteiger charge is 2.21. The minimum Gasteiger partial charge on any atom is -0.467 e. The van der Waals surface area contributed by atoms with Crippen LogP contribution in [0.2, 0.25) is 0 Å². The molecule has 0 heterocycles. The van der Waals surface area contributed by atoms with Crippen molar-refractivity contribution >= 4 is 11.9 Å². The van der Waals surface area contributed by atoms with Crippen LogP contribution in [0.25, 0.3) is 0 Å². The molecule has 4 heteroatoms. The minimum atomic E-state index is -0.562. The molecule has 92 valence electrons. The van der Waals surface area contributed by atoms with Gasteiger partial charge in [0.2, 0.25) is 5.91 Å². The second kappa shape index (κ2) is 7.04. The molecule has 0 bridgehead atoms. The van der Waals surface area contributed by atoms with Crippen LogP contribution in [0.4, 0.5) is 0 Å². The molecule has 0 aliphatic rings. The molecule has 0 aliphatic heterocycles. The van der Waals surface area contributed by atoms with Crippen molar-refractivity contribution < 1.29 is 14.3 Å². The summed E-state index contributed by atoms with van der Waals surface area (Å²) < 4.78 is 4.64. The molecule has 0 unspecified atom stereocenters. The third kappa shape index (κ3) is 6.22. The van der Waals surface area contributed by atoms with Crippen LogP contribution in [0.15, 0.2) is 11.6 Å². The zero-order valence-corrected chi connectivity index (χ0v) is 10.7. The van der Waals surface area contributed by atoms with Crippen molar-refractivity contribution in [2.75, 3.05) is 7.11 Å². The monoisotopic (exact) mass is 227 g/mol. The number of rotatable bonds is 5. The Hall–Kier alpha value is -1.32. The summed E-state index contributed by atoms with van der Waals surface area (Å²) in [6.45, 7) is 7.64. The quantitative estimate of drug-likeness (QED) is 0.574. The molecule has 0 saturated heterocycles. The second-order valence-corrected chi connectivity index (χ2v) is 4.44. The van der Waals surface area contributed by atoms with Crippen molar-refractivity contribution in [1.29, 1.82) is 0 Å². The lowest BCUT2D eigenvalue weighted by Gasteiger charge is -2.17. The van der Waals surface area contributed by atoms with E-state index in [1.165, 1.54) is 13.2 Å². The molecule has 0 spiro atoms. The van der Waals surface area contributed by atoms with Gasteiger partial charge in [0.05, 0.1) is 7.11 Å². The highest BCUT2D eigenvalue weighted by Crippen LogP contribution is 2.06. The number of carbonyl (C=O) groups excluding carboxylic acids is 2. The van der Waals surface area contributed by atoms with Gasteiger partial charge in [0.15, 0.2) is 0 Å². The molecule has 0 rings (SSSR count). The molecule has 0 aromatic rings. The number of carbonyl (C=O) groups is 2. The molecule has 0 aromatic carbocycles. The molecule has 4 nitrogen and oxygen atoms in total. The van der Waals surface area contributed by atoms with E-state index in [1.807, 2.05) is 27.7 Å². The Bertz CT molecular complexity index is 278. The Morgan fingerprint density at radius 1 is 1.31 bits per heavy atom. The fourth-order valence-electron chi connectivity index (χ4n) is 1.30. The average molecular weight is 227 g/mol. The van der Waals surface area contributed by atoms with Crippen molar-refractivity contribution in [3.8, 4) is 0 Å². The maximum atomic E-state index is 11.5. The molecule has 1 N–H and O–H groups in total. The Kier molecular flexibility index (Phi) is 6.46. The lowest BCUT2D eigenvalue weighted by Crippen LogP contribution is -2.41. The highest BCUT2D eigenvalue weighted by atomic mass is 16.5. The van der Waals surface area contributed by atoms with Gasteiger partial charge in [-0.1, -0.05) is 19.4 Å². The number of nitrogens with one attached hydrogen (secondary N) is 1. The largest absolute Gasteiger partial charge is 0.467 e. The van der Waals surface area contributed by atoms with Crippen molar-refractivity contribution in [3.05, 3.63) is 11.6 Å². The first-order chi connectivity index (χ1) is 7.36. The first-order valence-electron chi connectivity index (χ1n) is 5.40. The third-order valence-corrected chi connectivity index (χ3v) is 1.93. The predicted octanol–water partition coefficient (Wildman–Crippen LogP) is 1.66. The van der Waals surface area contributed by atoms with Gasteiger partial charge in [-0.25, -0.2) is 4.79 Å². The van der Waals surface area contributed by atoms with Crippen LogP contribution in [0.3, 0.4) is 0 Å². The van der Waals surface area contributed by atoms with E-state index in [1.54, 1.807) is 0 Å². The molecular weight excluding hydrogens is 206 g/mol. The fraction of sp³-hybridized carbons (Fsp3) is 0.667. The van der Waals surface area contributed by atoms with Crippen LogP contribution in [0.1, 0.15) is 34.1 Å². The van der Waals surface area contributed by atoms with Gasteiger partial charge in [0, 0.05) is 6.08 Å². The summed E-state index contributed by atoms with van der Waals surface area (Å²) >= 11 is 0. The van der Waals surface area contributed by atoms with Crippen LogP contribution in [-0.2, 0) is 14.3 Å². The molecule has 0 saturated carbocycles. The first kappa shape index (κ1) is 14.7. The van der Waals surface area contributed by atoms with E-state index in [9.17, 15) is 9.59 Å². The average Bonchev–Trinajstić information content (AvgIpc) is 2.13. The summed E-state index contributed by atoms with van der Waals surface area (Å²) in [5, 5.41) is 2.64. The SMILES string of the molecule is COC(=O)[C@H](CC(C)C)NC(=O)C=C(C)C. The van der Waals surface area contributed by atoms with Crippen LogP contribution >= 0.6 is 0 Å². The second-order valence-electron chi connectivity index (χ2n) is 4.44. The summed E-state index contributed by atoms with van der Waals surface area (Å²) in [6.07, 6.45) is 2.05. The standard InChI is InChI=1S/C12H21NO3/c1-8(2)6-10(12(15)16-5)13-11(14)7-9(3)4/h7-8,10H,6H2,1-5H3,(H,13,14)/t10-/m0/s1. The van der Waals surface area contributed by atoms with Gasteiger partial charge in [-0.3, -0.25) is 4.79 Å². The predicted molar refractivity (Wildman–Crippen MR) is 62.8 cm³/mol. The highest BCUT2D eigenvalue weighted by molar-refractivity contribution is 5.91. The third-order valence-electron chi connectivity index (χ3n) is 1.93. The number of esters is 1. The molecule has 1 amide bonds. The first-order valence-corrected chi connectivity index (χ1v) is 5.40. The molecular formula is C12H21NO3. The number of allylic oxidation sites excluding steroid dienone is 1. The van der Waals surface area contributed by atoms with E-state index < -0.39 is 12.0 Å². The van der Waals surface area contributed by atoms with Gasteiger partial charge in [0.1, 0.15) is 6.04 Å². The summed E-state index contributed by atoms with van der Waals surface area (Å²) in [6, 6.07) is -0.562. The van der Waals surface area contributed by atoms with Gasteiger partial charge in [-0.15, -0.1) is 0 Å². The van der Waals surface area contributed by atoms with Gasteiger partial charge in [-0.2, -0.15) is 0 Å². The molecule has 0 fully saturated rings. The van der Waals surface area contributed by atoms with E-state index >= 15 is 0 Å². The topological polar surface area (TPSA) is 55.4 Å². The zero-order chi connectivity index (χ0) is 12.7. The van der Waals surface area contributed by atoms with Crippen molar-refractivity contribution in [2.45, 2.75) is 40.2 Å². The Morgan fingerprint density at radius 2 is 1.88 bits per heavy atom. The molecule has 0 aliphatic carbocycles. The van der Waals surface area contributed by atoms with E-state index in [0.717, 1.165) is 5.57 Å². The van der Waals surface area contributed by atoms with Crippen LogP contribution in [-0.4, -0.2) is 25.0 Å². The van der Waals surface area contributed by atoms with Gasteiger partial charge >= 0.3 is 5.97 Å². The van der Waals surface area contributed by atoms with Crippen molar-refractivity contribution in [2.24, 2.45) is 5.92 Å². The van der Waals surface area contributed by atoms with Crippen molar-refractivity contribution in [3.63, 3.8) is 0 Å². The number of amides is 1. The maximum absolute atomic E-state index is 11.5. The lowest BCUT2D eigenvalue weighted by molar-refractivity contribution is -0.145. The number of ether oxygens (including phenoxy) is 1. The van der Waals surface area contributed by atoms with Crippen LogP contribution in [0, 0.1) is 5.92 Å². The smallest absolute Gasteiger partial charge is 0.328 e. The molecule has 0 aromatic heterocycles. The summed E-state index contributed by atoms with van der Waals surface area (Å²) in [4.78, 5) is 22.9. The van der Waals surface area contributed by atoms with Crippen LogP contribution in [0.5, 0.6) is 0 Å². The zero-order valence-electron chi connectivity index (χ0n) is 10.7. The summed E-state index contributed by atoms with van der Waals surface area (Å²) in [5.41, 5.74) is 0.894. The lowest BCUT2D eigenvalue weighted by atomic mass is 10.0. The number of methoxy groups -OCH3 is 1. The number of hydrogen-bond donors (Lipinski definition) is 1. The molecule has 16 heavy (non-hydrogen) atoms. The molecule has 1 atom stereocenters.